The van der Waals surface area contributed by atoms with Gasteiger partial charge in [0.15, 0.2) is 0 Å². The zero-order valence-corrected chi connectivity index (χ0v) is 13.7. The minimum absolute atomic E-state index is 0.0615. The number of hydrogen-bond acceptors (Lipinski definition) is 3. The molecule has 0 aliphatic carbocycles. The molecule has 2 amide bonds. The molecule has 0 spiro atoms. The maximum absolute atomic E-state index is 12.3. The monoisotopic (exact) mass is 325 g/mol. The Morgan fingerprint density at radius 1 is 1.17 bits per heavy atom. The molecule has 24 heavy (non-hydrogen) atoms. The maximum Gasteiger partial charge on any atom is 0.240 e. The summed E-state index contributed by atoms with van der Waals surface area (Å²) in [4.78, 5) is 25.8. The van der Waals surface area contributed by atoms with E-state index in [4.69, 9.17) is 5.73 Å². The average molecular weight is 325 g/mol. The van der Waals surface area contributed by atoms with Crippen LogP contribution in [-0.4, -0.2) is 36.3 Å². The lowest BCUT2D eigenvalue weighted by molar-refractivity contribution is -0.138. The molecule has 3 N–H and O–H groups in total. The second kappa shape index (κ2) is 7.45. The van der Waals surface area contributed by atoms with E-state index >= 15 is 0 Å². The van der Waals surface area contributed by atoms with E-state index in [9.17, 15) is 9.59 Å². The van der Waals surface area contributed by atoms with Gasteiger partial charge in [-0.1, -0.05) is 36.4 Å². The normalized spacial score (nSPS) is 16.2. The second-order valence-electron chi connectivity index (χ2n) is 6.23. The first-order valence-electron chi connectivity index (χ1n) is 8.43. The Bertz CT molecular complexity index is 744. The summed E-state index contributed by atoms with van der Waals surface area (Å²) >= 11 is 0. The van der Waals surface area contributed by atoms with Gasteiger partial charge in [0.2, 0.25) is 11.8 Å². The van der Waals surface area contributed by atoms with Crippen molar-refractivity contribution in [2.24, 2.45) is 5.73 Å². The third kappa shape index (κ3) is 3.74. The van der Waals surface area contributed by atoms with Crippen LogP contribution in [0, 0.1) is 0 Å². The molecule has 126 valence electrons. The van der Waals surface area contributed by atoms with Crippen LogP contribution in [-0.2, 0) is 9.59 Å². The summed E-state index contributed by atoms with van der Waals surface area (Å²) in [7, 11) is 0. The van der Waals surface area contributed by atoms with Crippen molar-refractivity contribution in [3.8, 4) is 0 Å². The van der Waals surface area contributed by atoms with E-state index in [-0.39, 0.29) is 24.4 Å². The van der Waals surface area contributed by atoms with Crippen LogP contribution in [0.2, 0.25) is 0 Å². The molecule has 1 aliphatic rings. The van der Waals surface area contributed by atoms with E-state index in [1.54, 1.807) is 4.90 Å². The number of fused-ring (bicyclic) bond motifs is 1. The summed E-state index contributed by atoms with van der Waals surface area (Å²) in [5.41, 5.74) is 6.84. The first-order valence-corrected chi connectivity index (χ1v) is 8.43. The quantitative estimate of drug-likeness (QED) is 0.882. The highest BCUT2D eigenvalue weighted by Crippen LogP contribution is 2.20. The number of piperidine rings is 1. The van der Waals surface area contributed by atoms with Gasteiger partial charge in [-0.25, -0.2) is 0 Å². The van der Waals surface area contributed by atoms with Crippen LogP contribution in [0.25, 0.3) is 10.8 Å². The molecule has 0 saturated carbocycles. The summed E-state index contributed by atoms with van der Waals surface area (Å²) in [5, 5.41) is 5.23. The summed E-state index contributed by atoms with van der Waals surface area (Å²) in [6, 6.07) is 13.9. The molecule has 2 aromatic carbocycles. The first kappa shape index (κ1) is 16.5. The Morgan fingerprint density at radius 2 is 1.96 bits per heavy atom. The molecule has 1 heterocycles. The Hall–Kier alpha value is -2.40. The van der Waals surface area contributed by atoms with Crippen molar-refractivity contribution in [2.75, 3.05) is 19.6 Å². The van der Waals surface area contributed by atoms with E-state index in [2.05, 4.69) is 17.4 Å². The van der Waals surface area contributed by atoms with Gasteiger partial charge in [0, 0.05) is 19.5 Å². The Morgan fingerprint density at radius 3 is 2.71 bits per heavy atom. The number of nitrogens with one attached hydrogen (secondary N) is 1. The molecule has 0 bridgehead atoms. The van der Waals surface area contributed by atoms with Gasteiger partial charge in [-0.15, -0.1) is 0 Å². The van der Waals surface area contributed by atoms with Gasteiger partial charge in [0.05, 0.1) is 12.6 Å². The van der Waals surface area contributed by atoms with Crippen LogP contribution in [0.15, 0.2) is 42.5 Å². The average Bonchev–Trinajstić information content (AvgIpc) is 2.61. The van der Waals surface area contributed by atoms with E-state index < -0.39 is 0 Å². The highest BCUT2D eigenvalue weighted by Gasteiger charge is 2.22. The lowest BCUT2D eigenvalue weighted by atomic mass is 10.0. The molecule has 2 aromatic rings. The molecule has 5 heteroatoms. The lowest BCUT2D eigenvalue weighted by Crippen LogP contribution is -2.44. The van der Waals surface area contributed by atoms with Crippen molar-refractivity contribution in [3.63, 3.8) is 0 Å². The second-order valence-corrected chi connectivity index (χ2v) is 6.23. The largest absolute Gasteiger partial charge is 0.346 e. The van der Waals surface area contributed by atoms with Crippen molar-refractivity contribution in [1.82, 2.24) is 10.2 Å². The molecular formula is C19H23N3O2. The summed E-state index contributed by atoms with van der Waals surface area (Å²) in [6.07, 6.45) is 2.42. The SMILES string of the molecule is NCC(NC(=O)CN1CCCCC1=O)c1ccc2ccccc2c1. The number of carbonyl (C=O) groups excluding carboxylic acids is 2. The standard InChI is InChI=1S/C19H23N3O2/c20-12-17(16-9-8-14-5-1-2-6-15(14)11-16)21-18(23)13-22-10-4-3-7-19(22)24/h1-2,5-6,8-9,11,17H,3-4,7,10,12-13,20H2,(H,21,23). The predicted molar refractivity (Wildman–Crippen MR) is 94.3 cm³/mol. The molecule has 3 rings (SSSR count). The summed E-state index contributed by atoms with van der Waals surface area (Å²) in [6.45, 7) is 1.09. The van der Waals surface area contributed by atoms with Crippen LogP contribution >= 0.6 is 0 Å². The van der Waals surface area contributed by atoms with Crippen molar-refractivity contribution in [2.45, 2.75) is 25.3 Å². The van der Waals surface area contributed by atoms with E-state index in [0.717, 1.165) is 29.2 Å². The third-order valence-electron chi connectivity index (χ3n) is 4.50. The van der Waals surface area contributed by atoms with Gasteiger partial charge in [0.25, 0.3) is 0 Å². The number of nitrogens with two attached hydrogens (primary N) is 1. The number of rotatable bonds is 5. The molecule has 5 nitrogen and oxygen atoms in total. The number of carbonyl (C=O) groups is 2. The highest BCUT2D eigenvalue weighted by atomic mass is 16.2. The van der Waals surface area contributed by atoms with Crippen LogP contribution < -0.4 is 11.1 Å². The highest BCUT2D eigenvalue weighted by molar-refractivity contribution is 5.86. The van der Waals surface area contributed by atoms with Gasteiger partial charge in [-0.2, -0.15) is 0 Å². The van der Waals surface area contributed by atoms with Gasteiger partial charge < -0.3 is 16.0 Å². The molecule has 0 radical (unpaired) electrons. The number of benzene rings is 2. The van der Waals surface area contributed by atoms with E-state index in [1.165, 1.54) is 0 Å². The van der Waals surface area contributed by atoms with E-state index in [0.29, 0.717) is 19.5 Å². The molecule has 1 fully saturated rings. The molecule has 1 saturated heterocycles. The molecular weight excluding hydrogens is 302 g/mol. The Balaban J connectivity index is 1.68. The van der Waals surface area contributed by atoms with Crippen LogP contribution in [0.5, 0.6) is 0 Å². The fourth-order valence-corrected chi connectivity index (χ4v) is 3.15. The number of amides is 2. The van der Waals surface area contributed by atoms with Crippen molar-refractivity contribution < 1.29 is 9.59 Å². The number of likely N-dealkylation sites (tertiary alicyclic amines) is 1. The van der Waals surface area contributed by atoms with E-state index in [1.807, 2.05) is 30.3 Å². The summed E-state index contributed by atoms with van der Waals surface area (Å²) in [5.74, 6) is -0.0970. The Kier molecular flexibility index (Phi) is 5.11. The molecule has 0 aromatic heterocycles. The van der Waals surface area contributed by atoms with Crippen LogP contribution in [0.3, 0.4) is 0 Å². The third-order valence-corrected chi connectivity index (χ3v) is 4.50. The Labute approximate surface area is 141 Å². The minimum Gasteiger partial charge on any atom is -0.346 e. The number of hydrogen-bond donors (Lipinski definition) is 2. The van der Waals surface area contributed by atoms with Gasteiger partial charge in [0.1, 0.15) is 0 Å². The fraction of sp³-hybridized carbons (Fsp3) is 0.368. The van der Waals surface area contributed by atoms with Crippen LogP contribution in [0.1, 0.15) is 30.9 Å². The molecule has 1 atom stereocenters. The topological polar surface area (TPSA) is 75.4 Å². The zero-order chi connectivity index (χ0) is 16.9. The predicted octanol–water partition coefficient (Wildman–Crippen LogP) is 1.97. The summed E-state index contributed by atoms with van der Waals surface area (Å²) < 4.78 is 0. The number of nitrogens with zero attached hydrogens (tertiary/aromatic N) is 1. The fourth-order valence-electron chi connectivity index (χ4n) is 3.15. The smallest absolute Gasteiger partial charge is 0.240 e. The molecule has 1 aliphatic heterocycles. The van der Waals surface area contributed by atoms with Gasteiger partial charge in [-0.05, 0) is 35.2 Å². The van der Waals surface area contributed by atoms with Gasteiger partial charge >= 0.3 is 0 Å². The minimum atomic E-state index is -0.248. The molecule has 1 unspecified atom stereocenters. The zero-order valence-electron chi connectivity index (χ0n) is 13.7. The van der Waals surface area contributed by atoms with Crippen molar-refractivity contribution in [3.05, 3.63) is 48.0 Å². The van der Waals surface area contributed by atoms with Crippen molar-refractivity contribution >= 4 is 22.6 Å². The maximum atomic E-state index is 12.3. The van der Waals surface area contributed by atoms with Crippen molar-refractivity contribution in [1.29, 1.82) is 0 Å². The first-order chi connectivity index (χ1) is 11.7. The van der Waals surface area contributed by atoms with Gasteiger partial charge in [-0.3, -0.25) is 9.59 Å². The lowest BCUT2D eigenvalue weighted by Gasteiger charge is -2.27. The van der Waals surface area contributed by atoms with Crippen LogP contribution in [0.4, 0.5) is 0 Å².